The van der Waals surface area contributed by atoms with Crippen LogP contribution in [0.3, 0.4) is 0 Å². The van der Waals surface area contributed by atoms with Gasteiger partial charge in [-0.25, -0.2) is 15.0 Å². The molecule has 1 aliphatic heterocycles. The monoisotopic (exact) mass is 403 g/mol. The van der Waals surface area contributed by atoms with E-state index in [2.05, 4.69) is 41.9 Å². The van der Waals surface area contributed by atoms with E-state index in [1.54, 1.807) is 18.8 Å². The molecule has 1 fully saturated rings. The molecule has 0 bridgehead atoms. The second-order valence-electron chi connectivity index (χ2n) is 7.66. The first-order valence-corrected chi connectivity index (χ1v) is 10.4. The van der Waals surface area contributed by atoms with Crippen LogP contribution in [0.2, 0.25) is 0 Å². The molecule has 8 nitrogen and oxygen atoms in total. The predicted octanol–water partition coefficient (Wildman–Crippen LogP) is 2.98. The van der Waals surface area contributed by atoms with Gasteiger partial charge in [-0.15, -0.1) is 0 Å². The van der Waals surface area contributed by atoms with Gasteiger partial charge in [0.25, 0.3) is 0 Å². The van der Waals surface area contributed by atoms with Crippen LogP contribution >= 0.6 is 0 Å². The van der Waals surface area contributed by atoms with Crippen molar-refractivity contribution in [3.8, 4) is 0 Å². The summed E-state index contributed by atoms with van der Waals surface area (Å²) in [5, 5.41) is 3.65. The molecule has 8 heteroatoms. The average molecular weight is 403 g/mol. The van der Waals surface area contributed by atoms with Crippen LogP contribution in [0.1, 0.15) is 24.3 Å². The van der Waals surface area contributed by atoms with E-state index in [-0.39, 0.29) is 0 Å². The lowest BCUT2D eigenvalue weighted by Gasteiger charge is -2.32. The molecule has 5 heterocycles. The summed E-state index contributed by atoms with van der Waals surface area (Å²) in [6.45, 7) is 3.79. The number of fused-ring (bicyclic) bond motifs is 1. The number of nitrogens with zero attached hydrogens (tertiary/aromatic N) is 6. The van der Waals surface area contributed by atoms with Crippen molar-refractivity contribution < 1.29 is 4.42 Å². The number of likely N-dealkylation sites (tertiary alicyclic amines) is 1. The summed E-state index contributed by atoms with van der Waals surface area (Å²) in [5.74, 6) is 1.70. The van der Waals surface area contributed by atoms with E-state index in [4.69, 9.17) is 9.40 Å². The Bertz CT molecular complexity index is 1070. The average Bonchev–Trinajstić information content (AvgIpc) is 3.43. The molecule has 0 spiro atoms. The van der Waals surface area contributed by atoms with Crippen molar-refractivity contribution in [3.05, 3.63) is 66.8 Å². The van der Waals surface area contributed by atoms with E-state index in [0.717, 1.165) is 67.5 Å². The van der Waals surface area contributed by atoms with Gasteiger partial charge in [-0.2, -0.15) is 0 Å². The summed E-state index contributed by atoms with van der Waals surface area (Å²) in [4.78, 5) is 20.2. The Hall–Kier alpha value is -3.26. The molecule has 0 aromatic carbocycles. The van der Waals surface area contributed by atoms with E-state index >= 15 is 0 Å². The fraction of sp³-hybridized carbons (Fsp3) is 0.364. The second kappa shape index (κ2) is 8.62. The van der Waals surface area contributed by atoms with Gasteiger partial charge in [0.2, 0.25) is 5.95 Å². The first kappa shape index (κ1) is 18.7. The van der Waals surface area contributed by atoms with E-state index in [1.165, 1.54) is 0 Å². The van der Waals surface area contributed by atoms with Gasteiger partial charge in [0.1, 0.15) is 17.6 Å². The topological polar surface area (TPSA) is 84.9 Å². The largest absolute Gasteiger partial charge is 0.467 e. The van der Waals surface area contributed by atoms with Crippen LogP contribution in [0.15, 0.2) is 59.7 Å². The van der Waals surface area contributed by atoms with Gasteiger partial charge in [0.15, 0.2) is 5.65 Å². The van der Waals surface area contributed by atoms with E-state index < -0.39 is 0 Å². The lowest BCUT2D eigenvalue weighted by molar-refractivity contribution is 0.220. The molecule has 0 amide bonds. The Labute approximate surface area is 175 Å². The quantitative estimate of drug-likeness (QED) is 0.508. The van der Waals surface area contributed by atoms with Gasteiger partial charge < -0.3 is 14.6 Å². The molecule has 0 radical (unpaired) electrons. The van der Waals surface area contributed by atoms with Gasteiger partial charge in [-0.1, -0.05) is 6.07 Å². The molecule has 4 aromatic rings. The summed E-state index contributed by atoms with van der Waals surface area (Å²) in [6, 6.07) is 10.4. The maximum absolute atomic E-state index is 5.55. The lowest BCUT2D eigenvalue weighted by Crippen LogP contribution is -2.40. The molecular formula is C22H25N7O. The molecule has 0 unspecified atom stereocenters. The van der Waals surface area contributed by atoms with E-state index in [9.17, 15) is 0 Å². The number of piperidine rings is 1. The van der Waals surface area contributed by atoms with Crippen LogP contribution in [0, 0.1) is 0 Å². The van der Waals surface area contributed by atoms with Gasteiger partial charge in [0, 0.05) is 44.0 Å². The minimum absolute atomic E-state index is 0.385. The lowest BCUT2D eigenvalue weighted by atomic mass is 10.0. The number of pyridine rings is 1. The Balaban J connectivity index is 1.23. The van der Waals surface area contributed by atoms with Gasteiger partial charge in [-0.05, 0) is 37.1 Å². The maximum atomic E-state index is 5.55. The molecule has 1 saturated heterocycles. The highest BCUT2D eigenvalue weighted by Gasteiger charge is 2.22. The summed E-state index contributed by atoms with van der Waals surface area (Å²) in [5.41, 5.74) is 2.77. The third-order valence-corrected chi connectivity index (χ3v) is 5.64. The number of imidazole rings is 1. The minimum atomic E-state index is 0.385. The predicted molar refractivity (Wildman–Crippen MR) is 114 cm³/mol. The highest BCUT2D eigenvalue weighted by atomic mass is 16.3. The molecule has 1 aliphatic rings. The second-order valence-corrected chi connectivity index (χ2v) is 7.66. The van der Waals surface area contributed by atoms with Crippen LogP contribution < -0.4 is 5.32 Å². The fourth-order valence-corrected chi connectivity index (χ4v) is 4.00. The zero-order chi connectivity index (χ0) is 20.2. The molecule has 0 atom stereocenters. The summed E-state index contributed by atoms with van der Waals surface area (Å²) >= 11 is 0. The van der Waals surface area contributed by atoms with Crippen molar-refractivity contribution in [2.45, 2.75) is 31.8 Å². The number of hydrogen-bond donors (Lipinski definition) is 1. The molecule has 4 aromatic heterocycles. The van der Waals surface area contributed by atoms with Crippen LogP contribution in [0.25, 0.3) is 11.2 Å². The minimum Gasteiger partial charge on any atom is -0.467 e. The third-order valence-electron chi connectivity index (χ3n) is 5.64. The van der Waals surface area contributed by atoms with Crippen LogP contribution in [-0.4, -0.2) is 55.1 Å². The molecule has 1 N–H and O–H groups in total. The van der Waals surface area contributed by atoms with Crippen molar-refractivity contribution >= 4 is 17.1 Å². The highest BCUT2D eigenvalue weighted by Crippen LogP contribution is 2.22. The Morgan fingerprint density at radius 3 is 2.83 bits per heavy atom. The summed E-state index contributed by atoms with van der Waals surface area (Å²) in [7, 11) is 0. The van der Waals surface area contributed by atoms with Crippen molar-refractivity contribution in [1.29, 1.82) is 0 Å². The fourth-order valence-electron chi connectivity index (χ4n) is 4.00. The standard InChI is InChI=1S/C22H25N7O/c1-2-9-24-17(4-1)6-10-28-11-7-18(8-12-28)26-22-27-20-14-23-16-25-21(20)29(22)15-19-5-3-13-30-19/h1-5,9,13-14,16,18H,6-8,10-12,15H2,(H,26,27). The smallest absolute Gasteiger partial charge is 0.205 e. The molecular weight excluding hydrogens is 378 g/mol. The van der Waals surface area contributed by atoms with E-state index in [1.807, 2.05) is 24.4 Å². The molecule has 0 aliphatic carbocycles. The van der Waals surface area contributed by atoms with Crippen molar-refractivity contribution in [1.82, 2.24) is 29.4 Å². The molecule has 30 heavy (non-hydrogen) atoms. The summed E-state index contributed by atoms with van der Waals surface area (Å²) < 4.78 is 7.62. The Kier molecular flexibility index (Phi) is 5.39. The third kappa shape index (κ3) is 4.18. The number of rotatable bonds is 7. The maximum Gasteiger partial charge on any atom is 0.205 e. The first-order chi connectivity index (χ1) is 14.8. The van der Waals surface area contributed by atoms with Gasteiger partial charge in [0.05, 0.1) is 19.0 Å². The molecule has 154 valence electrons. The SMILES string of the molecule is c1ccc(CCN2CCC(Nc3nc4cncnc4n3Cc3ccco3)CC2)nc1. The first-order valence-electron chi connectivity index (χ1n) is 10.4. The number of aromatic nitrogens is 5. The van der Waals surface area contributed by atoms with Crippen molar-refractivity contribution in [2.24, 2.45) is 0 Å². The number of nitrogens with one attached hydrogen (secondary N) is 1. The molecule has 5 rings (SSSR count). The highest BCUT2D eigenvalue weighted by molar-refractivity contribution is 5.73. The Morgan fingerprint density at radius 2 is 2.03 bits per heavy atom. The number of anilines is 1. The number of furan rings is 1. The molecule has 0 saturated carbocycles. The summed E-state index contributed by atoms with van der Waals surface area (Å²) in [6.07, 6.45) is 10.0. The zero-order valence-electron chi connectivity index (χ0n) is 16.8. The normalized spacial score (nSPS) is 15.6. The van der Waals surface area contributed by atoms with Crippen molar-refractivity contribution in [2.75, 3.05) is 25.0 Å². The van der Waals surface area contributed by atoms with Crippen LogP contribution in [0.4, 0.5) is 5.95 Å². The zero-order valence-corrected chi connectivity index (χ0v) is 16.8. The van der Waals surface area contributed by atoms with Gasteiger partial charge >= 0.3 is 0 Å². The Morgan fingerprint density at radius 1 is 1.10 bits per heavy atom. The van der Waals surface area contributed by atoms with E-state index in [0.29, 0.717) is 12.6 Å². The van der Waals surface area contributed by atoms with Crippen molar-refractivity contribution in [3.63, 3.8) is 0 Å². The van der Waals surface area contributed by atoms with Crippen LogP contribution in [-0.2, 0) is 13.0 Å². The van der Waals surface area contributed by atoms with Gasteiger partial charge in [-0.3, -0.25) is 9.55 Å². The number of hydrogen-bond acceptors (Lipinski definition) is 7. The van der Waals surface area contributed by atoms with Crippen LogP contribution in [0.5, 0.6) is 0 Å².